The number of aromatic nitrogens is 1. The Morgan fingerprint density at radius 2 is 2.32 bits per heavy atom. The van der Waals surface area contributed by atoms with Crippen molar-refractivity contribution < 1.29 is 9.72 Å². The zero-order valence-corrected chi connectivity index (χ0v) is 10.7. The minimum atomic E-state index is -0.704. The molecular weight excluding hydrogens is 248 g/mol. The van der Waals surface area contributed by atoms with Crippen LogP contribution in [0.5, 0.6) is 0 Å². The van der Waals surface area contributed by atoms with Gasteiger partial charge in [-0.05, 0) is 12.3 Å². The molecule has 1 saturated carbocycles. The molecule has 0 aliphatic heterocycles. The van der Waals surface area contributed by atoms with E-state index in [2.05, 4.69) is 4.98 Å². The van der Waals surface area contributed by atoms with Crippen molar-refractivity contribution in [2.24, 2.45) is 11.7 Å². The summed E-state index contributed by atoms with van der Waals surface area (Å²) in [5.74, 6) is 0.459. The second-order valence-corrected chi connectivity index (χ2v) is 4.84. The first-order valence-electron chi connectivity index (χ1n) is 6.14. The summed E-state index contributed by atoms with van der Waals surface area (Å²) in [5.41, 5.74) is 5.12. The maximum Gasteiger partial charge on any atom is 0.288 e. The van der Waals surface area contributed by atoms with E-state index in [1.54, 1.807) is 0 Å². The second kappa shape index (κ2) is 5.21. The van der Waals surface area contributed by atoms with Crippen LogP contribution < -0.4 is 10.6 Å². The van der Waals surface area contributed by atoms with Crippen LogP contribution in [0.15, 0.2) is 12.3 Å². The maximum absolute atomic E-state index is 11.4. The van der Waals surface area contributed by atoms with Crippen molar-refractivity contribution in [2.75, 3.05) is 18.5 Å². The third-order valence-corrected chi connectivity index (χ3v) is 3.26. The van der Waals surface area contributed by atoms with Crippen LogP contribution in [-0.2, 0) is 0 Å². The highest BCUT2D eigenvalue weighted by Crippen LogP contribution is 2.33. The Labute approximate surface area is 110 Å². The van der Waals surface area contributed by atoms with Crippen molar-refractivity contribution >= 4 is 17.4 Å². The molecule has 102 valence electrons. The first-order valence-corrected chi connectivity index (χ1v) is 6.14. The molecule has 7 heteroatoms. The van der Waals surface area contributed by atoms with Crippen LogP contribution in [0.2, 0.25) is 0 Å². The SMILES string of the molecule is CN(CCC1CC1)c1ncc([N+](=O)[O-])cc1C(N)=O. The predicted molar refractivity (Wildman–Crippen MR) is 70.0 cm³/mol. The summed E-state index contributed by atoms with van der Waals surface area (Å²) >= 11 is 0. The summed E-state index contributed by atoms with van der Waals surface area (Å²) in [5, 5.41) is 10.7. The highest BCUT2D eigenvalue weighted by atomic mass is 16.6. The van der Waals surface area contributed by atoms with Crippen LogP contribution >= 0.6 is 0 Å². The molecule has 1 aromatic rings. The van der Waals surface area contributed by atoms with Crippen LogP contribution in [-0.4, -0.2) is 29.4 Å². The predicted octanol–water partition coefficient (Wildman–Crippen LogP) is 1.32. The largest absolute Gasteiger partial charge is 0.365 e. The van der Waals surface area contributed by atoms with E-state index in [0.717, 1.165) is 25.1 Å². The van der Waals surface area contributed by atoms with Gasteiger partial charge >= 0.3 is 0 Å². The fourth-order valence-corrected chi connectivity index (χ4v) is 1.92. The average molecular weight is 264 g/mol. The van der Waals surface area contributed by atoms with Crippen molar-refractivity contribution in [2.45, 2.75) is 19.3 Å². The number of anilines is 1. The summed E-state index contributed by atoms with van der Waals surface area (Å²) in [6, 6.07) is 1.18. The summed E-state index contributed by atoms with van der Waals surface area (Å²) in [7, 11) is 1.81. The average Bonchev–Trinajstić information content (AvgIpc) is 3.19. The molecule has 1 aromatic heterocycles. The lowest BCUT2D eigenvalue weighted by Crippen LogP contribution is -2.25. The molecule has 1 heterocycles. The highest BCUT2D eigenvalue weighted by molar-refractivity contribution is 5.98. The topological polar surface area (TPSA) is 102 Å². The fraction of sp³-hybridized carbons (Fsp3) is 0.500. The third-order valence-electron chi connectivity index (χ3n) is 3.26. The number of pyridine rings is 1. The Hall–Kier alpha value is -2.18. The lowest BCUT2D eigenvalue weighted by molar-refractivity contribution is -0.385. The molecule has 2 rings (SSSR count). The molecule has 1 amide bonds. The van der Waals surface area contributed by atoms with Gasteiger partial charge < -0.3 is 10.6 Å². The lowest BCUT2D eigenvalue weighted by Gasteiger charge is -2.19. The molecule has 0 unspecified atom stereocenters. The number of primary amides is 1. The van der Waals surface area contributed by atoms with Crippen LogP contribution in [0.3, 0.4) is 0 Å². The molecule has 0 bridgehead atoms. The van der Waals surface area contributed by atoms with E-state index in [0.29, 0.717) is 5.82 Å². The minimum absolute atomic E-state index is 0.0903. The number of nitrogens with two attached hydrogens (primary N) is 1. The standard InChI is InChI=1S/C12H16N4O3/c1-15(5-4-8-2-3-8)12-10(11(13)17)6-9(7-14-12)16(18)19/h6-8H,2-5H2,1H3,(H2,13,17). The molecule has 0 aromatic carbocycles. The molecule has 19 heavy (non-hydrogen) atoms. The van der Waals surface area contributed by atoms with Crippen LogP contribution in [0.25, 0.3) is 0 Å². The summed E-state index contributed by atoms with van der Waals surface area (Å²) in [6.07, 6.45) is 4.69. The van der Waals surface area contributed by atoms with E-state index in [1.807, 2.05) is 11.9 Å². The van der Waals surface area contributed by atoms with Crippen LogP contribution in [0.4, 0.5) is 11.5 Å². The zero-order valence-electron chi connectivity index (χ0n) is 10.7. The smallest absolute Gasteiger partial charge is 0.288 e. The quantitative estimate of drug-likeness (QED) is 0.616. The Kier molecular flexibility index (Phi) is 3.64. The van der Waals surface area contributed by atoms with E-state index in [9.17, 15) is 14.9 Å². The van der Waals surface area contributed by atoms with Gasteiger partial charge in [0.2, 0.25) is 0 Å². The normalized spacial score (nSPS) is 14.2. The first-order chi connectivity index (χ1) is 8.99. The van der Waals surface area contributed by atoms with Crippen molar-refractivity contribution in [3.8, 4) is 0 Å². The zero-order chi connectivity index (χ0) is 14.0. The van der Waals surface area contributed by atoms with Crippen molar-refractivity contribution in [3.63, 3.8) is 0 Å². The molecule has 0 atom stereocenters. The van der Waals surface area contributed by atoms with E-state index < -0.39 is 10.8 Å². The van der Waals surface area contributed by atoms with Crippen molar-refractivity contribution in [3.05, 3.63) is 27.9 Å². The molecule has 2 N–H and O–H groups in total. The van der Waals surface area contributed by atoms with Gasteiger partial charge in [-0.15, -0.1) is 0 Å². The van der Waals surface area contributed by atoms with Gasteiger partial charge in [-0.3, -0.25) is 14.9 Å². The molecular formula is C12H16N4O3. The van der Waals surface area contributed by atoms with Gasteiger partial charge in [-0.2, -0.15) is 0 Å². The van der Waals surface area contributed by atoms with E-state index in [1.165, 1.54) is 18.9 Å². The van der Waals surface area contributed by atoms with Crippen molar-refractivity contribution in [1.82, 2.24) is 4.98 Å². The third kappa shape index (κ3) is 3.18. The molecule has 7 nitrogen and oxygen atoms in total. The number of nitro groups is 1. The summed E-state index contributed by atoms with van der Waals surface area (Å²) < 4.78 is 0. The van der Waals surface area contributed by atoms with Gasteiger partial charge in [0.05, 0.1) is 10.5 Å². The second-order valence-electron chi connectivity index (χ2n) is 4.84. The van der Waals surface area contributed by atoms with Gasteiger partial charge in [0.1, 0.15) is 12.0 Å². The fourth-order valence-electron chi connectivity index (χ4n) is 1.92. The number of nitrogens with zero attached hydrogens (tertiary/aromatic N) is 3. The van der Waals surface area contributed by atoms with Gasteiger partial charge in [-0.25, -0.2) is 4.98 Å². The Morgan fingerprint density at radius 1 is 1.63 bits per heavy atom. The number of amides is 1. The Balaban J connectivity index is 2.21. The van der Waals surface area contributed by atoms with Crippen LogP contribution in [0, 0.1) is 16.0 Å². The van der Waals surface area contributed by atoms with Gasteiger partial charge in [0.15, 0.2) is 0 Å². The molecule has 0 saturated heterocycles. The monoisotopic (exact) mass is 264 g/mol. The number of carbonyl (C=O) groups excluding carboxylic acids is 1. The van der Waals surface area contributed by atoms with Gasteiger partial charge in [0, 0.05) is 19.7 Å². The van der Waals surface area contributed by atoms with Crippen LogP contribution in [0.1, 0.15) is 29.6 Å². The van der Waals surface area contributed by atoms with Crippen molar-refractivity contribution in [1.29, 1.82) is 0 Å². The summed E-state index contributed by atoms with van der Waals surface area (Å²) in [6.45, 7) is 0.760. The Morgan fingerprint density at radius 3 is 2.84 bits per heavy atom. The van der Waals surface area contributed by atoms with Gasteiger partial charge in [0.25, 0.3) is 11.6 Å². The molecule has 0 spiro atoms. The number of hydrogen-bond donors (Lipinski definition) is 1. The molecule has 1 fully saturated rings. The molecule has 1 aliphatic carbocycles. The molecule has 0 radical (unpaired) electrons. The Bertz CT molecular complexity index is 514. The number of rotatable bonds is 6. The minimum Gasteiger partial charge on any atom is -0.365 e. The van der Waals surface area contributed by atoms with E-state index in [4.69, 9.17) is 5.73 Å². The number of hydrogen-bond acceptors (Lipinski definition) is 5. The van der Waals surface area contributed by atoms with E-state index >= 15 is 0 Å². The highest BCUT2D eigenvalue weighted by Gasteiger charge is 2.23. The first kappa shape index (κ1) is 13.3. The van der Waals surface area contributed by atoms with Gasteiger partial charge in [-0.1, -0.05) is 12.8 Å². The van der Waals surface area contributed by atoms with E-state index in [-0.39, 0.29) is 11.3 Å². The number of carbonyl (C=O) groups is 1. The lowest BCUT2D eigenvalue weighted by atomic mass is 10.2. The molecule has 1 aliphatic rings. The maximum atomic E-state index is 11.4. The summed E-state index contributed by atoms with van der Waals surface area (Å²) in [4.78, 5) is 27.3.